The van der Waals surface area contributed by atoms with E-state index >= 15 is 0 Å². The van der Waals surface area contributed by atoms with Crippen LogP contribution in [0.5, 0.6) is 5.75 Å². The molecule has 0 aliphatic rings. The molecule has 162 valence electrons. The van der Waals surface area contributed by atoms with Crippen LogP contribution in [0.4, 0.5) is 0 Å². The standard InChI is InChI=1S/C24H26ClN3O3/c1-14(2)10-11-27-21-18-13-17(31-5)8-9-19(18)26(4)22(21)23(29)28(24(27)30)20-12-16(25)7-6-15(20)3/h6-9,12-14H,10-11H2,1-5H3. The normalized spacial score (nSPS) is 11.7. The van der Waals surface area contributed by atoms with Crippen LogP contribution in [0, 0.1) is 12.8 Å². The second-order valence-electron chi connectivity index (χ2n) is 8.33. The van der Waals surface area contributed by atoms with Gasteiger partial charge in [-0.1, -0.05) is 31.5 Å². The summed E-state index contributed by atoms with van der Waals surface area (Å²) < 4.78 is 10.2. The third-order valence-corrected chi connectivity index (χ3v) is 6.05. The first-order chi connectivity index (χ1) is 14.7. The molecule has 0 amide bonds. The second-order valence-corrected chi connectivity index (χ2v) is 8.76. The summed E-state index contributed by atoms with van der Waals surface area (Å²) in [5.41, 5.74) is 2.58. The van der Waals surface area contributed by atoms with Crippen molar-refractivity contribution in [2.75, 3.05) is 7.11 Å². The van der Waals surface area contributed by atoms with Gasteiger partial charge in [0.15, 0.2) is 0 Å². The third-order valence-electron chi connectivity index (χ3n) is 5.82. The van der Waals surface area contributed by atoms with E-state index in [2.05, 4.69) is 13.8 Å². The van der Waals surface area contributed by atoms with E-state index in [1.165, 1.54) is 4.57 Å². The molecule has 0 atom stereocenters. The lowest BCUT2D eigenvalue weighted by molar-refractivity contribution is 0.415. The molecule has 0 saturated heterocycles. The van der Waals surface area contributed by atoms with E-state index in [1.807, 2.05) is 42.8 Å². The minimum Gasteiger partial charge on any atom is -0.497 e. The Balaban J connectivity index is 2.21. The highest BCUT2D eigenvalue weighted by Gasteiger charge is 2.22. The number of halogens is 1. The molecule has 0 spiro atoms. The van der Waals surface area contributed by atoms with Crippen molar-refractivity contribution in [2.24, 2.45) is 13.0 Å². The molecule has 0 N–H and O–H groups in total. The molecule has 2 aromatic heterocycles. The summed E-state index contributed by atoms with van der Waals surface area (Å²) in [5, 5.41) is 1.30. The van der Waals surface area contributed by atoms with Gasteiger partial charge in [-0.05, 0) is 55.2 Å². The summed E-state index contributed by atoms with van der Waals surface area (Å²) in [6, 6.07) is 10.9. The lowest BCUT2D eigenvalue weighted by Gasteiger charge is -2.15. The Kier molecular flexibility index (Phi) is 5.43. The first-order valence-electron chi connectivity index (χ1n) is 10.3. The molecule has 7 heteroatoms. The van der Waals surface area contributed by atoms with Crippen molar-refractivity contribution in [3.63, 3.8) is 0 Å². The van der Waals surface area contributed by atoms with E-state index in [-0.39, 0.29) is 11.2 Å². The number of aromatic nitrogens is 3. The Morgan fingerprint density at radius 1 is 1.06 bits per heavy atom. The number of nitrogens with zero attached hydrogens (tertiary/aromatic N) is 3. The first-order valence-corrected chi connectivity index (χ1v) is 10.7. The fourth-order valence-electron chi connectivity index (χ4n) is 4.09. The topological polar surface area (TPSA) is 58.2 Å². The Labute approximate surface area is 185 Å². The number of benzene rings is 2. The number of fused-ring (bicyclic) bond motifs is 3. The Hall–Kier alpha value is -2.99. The molecule has 0 fully saturated rings. The highest BCUT2D eigenvalue weighted by molar-refractivity contribution is 6.30. The molecule has 6 nitrogen and oxygen atoms in total. The molecular weight excluding hydrogens is 414 g/mol. The van der Waals surface area contributed by atoms with Crippen LogP contribution in [-0.4, -0.2) is 20.8 Å². The summed E-state index contributed by atoms with van der Waals surface area (Å²) in [7, 11) is 3.46. The zero-order valence-electron chi connectivity index (χ0n) is 18.4. The zero-order chi connectivity index (χ0) is 22.4. The molecule has 0 aliphatic carbocycles. The highest BCUT2D eigenvalue weighted by atomic mass is 35.5. The minimum absolute atomic E-state index is 0.358. The van der Waals surface area contributed by atoms with Crippen LogP contribution in [0.3, 0.4) is 0 Å². The average Bonchev–Trinajstić information content (AvgIpc) is 3.02. The molecule has 0 aliphatic heterocycles. The monoisotopic (exact) mass is 439 g/mol. The van der Waals surface area contributed by atoms with Crippen LogP contribution in [0.15, 0.2) is 46.0 Å². The van der Waals surface area contributed by atoms with E-state index < -0.39 is 0 Å². The van der Waals surface area contributed by atoms with Gasteiger partial charge in [0.25, 0.3) is 5.56 Å². The smallest absolute Gasteiger partial charge is 0.336 e. The number of ether oxygens (including phenoxy) is 1. The van der Waals surface area contributed by atoms with Gasteiger partial charge in [0.05, 0.1) is 23.8 Å². The van der Waals surface area contributed by atoms with E-state index in [4.69, 9.17) is 16.3 Å². The number of hydrogen-bond acceptors (Lipinski definition) is 3. The van der Waals surface area contributed by atoms with Crippen molar-refractivity contribution in [2.45, 2.75) is 33.7 Å². The van der Waals surface area contributed by atoms with E-state index in [0.717, 1.165) is 22.9 Å². The zero-order valence-corrected chi connectivity index (χ0v) is 19.2. The van der Waals surface area contributed by atoms with Crippen LogP contribution >= 0.6 is 11.6 Å². The molecule has 0 radical (unpaired) electrons. The Morgan fingerprint density at radius 2 is 1.81 bits per heavy atom. The van der Waals surface area contributed by atoms with E-state index in [9.17, 15) is 9.59 Å². The lowest BCUT2D eigenvalue weighted by Crippen LogP contribution is -2.40. The highest BCUT2D eigenvalue weighted by Crippen LogP contribution is 2.29. The van der Waals surface area contributed by atoms with Crippen LogP contribution in [0.2, 0.25) is 5.02 Å². The third kappa shape index (κ3) is 3.45. The molecule has 4 aromatic rings. The maximum atomic E-state index is 13.7. The summed E-state index contributed by atoms with van der Waals surface area (Å²) in [5.74, 6) is 1.08. The molecule has 0 bridgehead atoms. The lowest BCUT2D eigenvalue weighted by atomic mass is 10.1. The van der Waals surface area contributed by atoms with Gasteiger partial charge >= 0.3 is 5.69 Å². The maximum Gasteiger partial charge on any atom is 0.336 e. The van der Waals surface area contributed by atoms with E-state index in [1.54, 1.807) is 23.8 Å². The van der Waals surface area contributed by atoms with Gasteiger partial charge in [-0.2, -0.15) is 0 Å². The van der Waals surface area contributed by atoms with Crippen molar-refractivity contribution in [1.82, 2.24) is 13.7 Å². The SMILES string of the molecule is COc1ccc2c(c1)c1c(c(=O)n(-c3cc(Cl)ccc3C)c(=O)n1CCC(C)C)n2C. The summed E-state index contributed by atoms with van der Waals surface area (Å²) in [6.07, 6.45) is 0.808. The van der Waals surface area contributed by atoms with Crippen LogP contribution in [-0.2, 0) is 13.6 Å². The largest absolute Gasteiger partial charge is 0.497 e. The second kappa shape index (κ2) is 7.93. The predicted molar refractivity (Wildman–Crippen MR) is 126 cm³/mol. The van der Waals surface area contributed by atoms with Crippen molar-refractivity contribution in [3.05, 3.63) is 67.8 Å². The van der Waals surface area contributed by atoms with Crippen LogP contribution in [0.25, 0.3) is 27.6 Å². The number of rotatable bonds is 5. The van der Waals surface area contributed by atoms with Gasteiger partial charge in [-0.15, -0.1) is 0 Å². The molecule has 0 saturated carbocycles. The van der Waals surface area contributed by atoms with Gasteiger partial charge in [0, 0.05) is 24.0 Å². The van der Waals surface area contributed by atoms with Gasteiger partial charge in [-0.25, -0.2) is 9.36 Å². The summed E-state index contributed by atoms with van der Waals surface area (Å²) in [4.78, 5) is 27.4. The number of methoxy groups -OCH3 is 1. The summed E-state index contributed by atoms with van der Waals surface area (Å²) >= 11 is 6.22. The fourth-order valence-corrected chi connectivity index (χ4v) is 4.26. The minimum atomic E-state index is -0.362. The van der Waals surface area contributed by atoms with Gasteiger partial charge in [-0.3, -0.25) is 9.36 Å². The molecule has 2 heterocycles. The maximum absolute atomic E-state index is 13.7. The number of aryl methyl sites for hydroxylation is 3. The Bertz CT molecular complexity index is 1430. The molecule has 4 rings (SSSR count). The molecular formula is C24H26ClN3O3. The quantitative estimate of drug-likeness (QED) is 0.454. The van der Waals surface area contributed by atoms with Gasteiger partial charge in [0.2, 0.25) is 0 Å². The van der Waals surface area contributed by atoms with Crippen molar-refractivity contribution in [3.8, 4) is 11.4 Å². The molecule has 31 heavy (non-hydrogen) atoms. The Morgan fingerprint density at radius 3 is 2.48 bits per heavy atom. The fraction of sp³-hybridized carbons (Fsp3) is 0.333. The van der Waals surface area contributed by atoms with Crippen LogP contribution < -0.4 is 16.0 Å². The van der Waals surface area contributed by atoms with Crippen molar-refractivity contribution < 1.29 is 4.74 Å². The van der Waals surface area contributed by atoms with Gasteiger partial charge < -0.3 is 9.30 Å². The van der Waals surface area contributed by atoms with Crippen molar-refractivity contribution in [1.29, 1.82) is 0 Å². The first kappa shape index (κ1) is 21.2. The molecule has 2 aromatic carbocycles. The number of hydrogen-bond donors (Lipinski definition) is 0. The average molecular weight is 440 g/mol. The molecule has 0 unspecified atom stereocenters. The summed E-state index contributed by atoms with van der Waals surface area (Å²) in [6.45, 7) is 6.60. The van der Waals surface area contributed by atoms with E-state index in [0.29, 0.717) is 40.0 Å². The predicted octanol–water partition coefficient (Wildman–Crippen LogP) is 4.66. The van der Waals surface area contributed by atoms with Crippen LogP contribution in [0.1, 0.15) is 25.8 Å². The van der Waals surface area contributed by atoms with Crippen molar-refractivity contribution >= 4 is 33.5 Å². The van der Waals surface area contributed by atoms with Gasteiger partial charge in [0.1, 0.15) is 11.3 Å².